The second-order valence-electron chi connectivity index (χ2n) is 30.7. The SMILES string of the molecule is CC(C)(C)c1ccc(N2c3cc(N(c4ccc(C(C)(C)C)cc4)c4cccc5c4oc4ccccc45)ccc3B3c4sc5cc6c(cc5c4N(c4ccc5c(c4)C4(CCCC4)c4ccccc4-5)c4cc(C(C)(C)C)cc2c43)C(C)(C)CCC6(C)C)cc1. The number of hydrogen-bond acceptors (Lipinski definition) is 5. The van der Waals surface area contributed by atoms with Gasteiger partial charge in [-0.3, -0.25) is 0 Å². The predicted molar refractivity (Wildman–Crippen MR) is 374 cm³/mol. The van der Waals surface area contributed by atoms with E-state index in [4.69, 9.17) is 4.42 Å². The molecule has 9 aromatic carbocycles. The highest BCUT2D eigenvalue weighted by Gasteiger charge is 2.49. The molecule has 0 amide bonds. The fraction of sp³-hybridized carbons (Fsp3) is 0.309. The van der Waals surface area contributed by atoms with Crippen molar-refractivity contribution in [2.24, 2.45) is 0 Å². The van der Waals surface area contributed by atoms with Crippen LogP contribution in [0.25, 0.3) is 43.2 Å². The van der Waals surface area contributed by atoms with E-state index in [1.807, 2.05) is 11.3 Å². The Balaban J connectivity index is 1.00. The zero-order valence-corrected chi connectivity index (χ0v) is 54.0. The lowest BCUT2D eigenvalue weighted by Crippen LogP contribution is -2.60. The molecule has 0 atom stereocenters. The van der Waals surface area contributed by atoms with Crippen LogP contribution in [0, 0.1) is 0 Å². The van der Waals surface area contributed by atoms with Gasteiger partial charge in [-0.25, -0.2) is 0 Å². The fourth-order valence-corrected chi connectivity index (χ4v) is 17.6. The Labute approximate surface area is 520 Å². The number of para-hydroxylation sites is 2. The van der Waals surface area contributed by atoms with Crippen LogP contribution in [0.2, 0.25) is 0 Å². The van der Waals surface area contributed by atoms with Gasteiger partial charge in [0.1, 0.15) is 5.58 Å². The van der Waals surface area contributed by atoms with E-state index in [1.165, 1.54) is 136 Å². The molecule has 6 heteroatoms. The highest BCUT2D eigenvalue weighted by atomic mass is 32.1. The van der Waals surface area contributed by atoms with Crippen LogP contribution in [0.1, 0.15) is 167 Å². The summed E-state index contributed by atoms with van der Waals surface area (Å²) in [5.41, 5.74) is 27.8. The number of furan rings is 1. The maximum absolute atomic E-state index is 6.96. The zero-order chi connectivity index (χ0) is 60.1. The molecule has 0 saturated heterocycles. The monoisotopic (exact) mass is 1150 g/mol. The molecule has 1 saturated carbocycles. The van der Waals surface area contributed by atoms with Gasteiger partial charge in [-0.05, 0) is 199 Å². The van der Waals surface area contributed by atoms with Gasteiger partial charge in [-0.1, -0.05) is 194 Å². The molecule has 1 spiro atoms. The van der Waals surface area contributed by atoms with E-state index >= 15 is 0 Å². The summed E-state index contributed by atoms with van der Waals surface area (Å²) in [6, 6.07) is 68.9. The summed E-state index contributed by atoms with van der Waals surface area (Å²) in [6.07, 6.45) is 7.23. The highest BCUT2D eigenvalue weighted by Crippen LogP contribution is 2.60. The van der Waals surface area contributed by atoms with Crippen LogP contribution in [-0.2, 0) is 32.5 Å². The molecule has 434 valence electrons. The summed E-state index contributed by atoms with van der Waals surface area (Å²) in [7, 11) is 0. The maximum atomic E-state index is 6.96. The third-order valence-corrected chi connectivity index (χ3v) is 22.5. The quantitative estimate of drug-likeness (QED) is 0.160. The molecule has 2 aliphatic heterocycles. The van der Waals surface area contributed by atoms with Gasteiger partial charge in [0.15, 0.2) is 5.58 Å². The van der Waals surface area contributed by atoms with Crippen molar-refractivity contribution < 1.29 is 4.42 Å². The second-order valence-corrected chi connectivity index (χ2v) is 31.8. The number of fused-ring (bicyclic) bond motifs is 15. The summed E-state index contributed by atoms with van der Waals surface area (Å²) >= 11 is 2.05. The molecule has 5 aliphatic rings. The third kappa shape index (κ3) is 8.14. The minimum absolute atomic E-state index is 0.00754. The van der Waals surface area contributed by atoms with Crippen molar-refractivity contribution >= 4 is 117 Å². The summed E-state index contributed by atoms with van der Waals surface area (Å²) in [5, 5.41) is 3.60. The lowest BCUT2D eigenvalue weighted by atomic mass is 9.36. The Kier molecular flexibility index (Phi) is 11.7. The van der Waals surface area contributed by atoms with E-state index < -0.39 is 0 Å². The highest BCUT2D eigenvalue weighted by molar-refractivity contribution is 7.33. The minimum atomic E-state index is -0.184. The molecule has 11 aromatic rings. The van der Waals surface area contributed by atoms with E-state index in [2.05, 4.69) is 281 Å². The Bertz CT molecular complexity index is 4660. The molecule has 4 heterocycles. The molecule has 16 rings (SSSR count). The van der Waals surface area contributed by atoms with E-state index in [0.717, 1.165) is 51.1 Å². The van der Waals surface area contributed by atoms with Gasteiger partial charge in [0.05, 0.1) is 11.4 Å². The van der Waals surface area contributed by atoms with E-state index in [9.17, 15) is 0 Å². The van der Waals surface area contributed by atoms with Gasteiger partial charge in [-0.15, -0.1) is 11.3 Å². The number of thiophene rings is 1. The van der Waals surface area contributed by atoms with Gasteiger partial charge < -0.3 is 19.1 Å². The third-order valence-electron chi connectivity index (χ3n) is 21.3. The van der Waals surface area contributed by atoms with Crippen molar-refractivity contribution in [1.29, 1.82) is 0 Å². The van der Waals surface area contributed by atoms with E-state index in [-0.39, 0.29) is 39.2 Å². The minimum Gasteiger partial charge on any atom is -0.454 e. The van der Waals surface area contributed by atoms with Gasteiger partial charge in [0, 0.05) is 70.9 Å². The van der Waals surface area contributed by atoms with Gasteiger partial charge in [0.25, 0.3) is 6.71 Å². The number of rotatable bonds is 5. The van der Waals surface area contributed by atoms with Crippen LogP contribution in [0.4, 0.5) is 51.2 Å². The molecule has 0 N–H and O–H groups in total. The van der Waals surface area contributed by atoms with Gasteiger partial charge in [-0.2, -0.15) is 0 Å². The Morgan fingerprint density at radius 3 is 1.77 bits per heavy atom. The first kappa shape index (κ1) is 54.6. The van der Waals surface area contributed by atoms with Gasteiger partial charge in [0.2, 0.25) is 0 Å². The average Bonchev–Trinajstić information content (AvgIpc) is 1.70. The van der Waals surface area contributed by atoms with E-state index in [1.54, 1.807) is 0 Å². The molecule has 87 heavy (non-hydrogen) atoms. The smallest absolute Gasteiger partial charge is 0.264 e. The molecule has 3 aliphatic carbocycles. The Hall–Kier alpha value is -7.80. The average molecular weight is 1150 g/mol. The molecule has 0 unspecified atom stereocenters. The van der Waals surface area contributed by atoms with Crippen LogP contribution in [-0.4, -0.2) is 6.71 Å². The van der Waals surface area contributed by atoms with Crippen LogP contribution < -0.4 is 30.4 Å². The molecular weight excluding hydrogens is 1070 g/mol. The largest absolute Gasteiger partial charge is 0.454 e. The van der Waals surface area contributed by atoms with Crippen molar-refractivity contribution in [2.45, 2.75) is 161 Å². The molecule has 4 nitrogen and oxygen atoms in total. The summed E-state index contributed by atoms with van der Waals surface area (Å²) in [5.74, 6) is 0. The molecule has 0 bridgehead atoms. The van der Waals surface area contributed by atoms with Crippen molar-refractivity contribution in [3.8, 4) is 11.1 Å². The number of anilines is 9. The van der Waals surface area contributed by atoms with E-state index in [0.29, 0.717) is 0 Å². The fourth-order valence-electron chi connectivity index (χ4n) is 16.3. The van der Waals surface area contributed by atoms with Crippen LogP contribution in [0.3, 0.4) is 0 Å². The maximum Gasteiger partial charge on any atom is 0.264 e. The second kappa shape index (κ2) is 18.6. The van der Waals surface area contributed by atoms with Crippen molar-refractivity contribution in [3.05, 3.63) is 215 Å². The first-order chi connectivity index (χ1) is 41.5. The van der Waals surface area contributed by atoms with Crippen molar-refractivity contribution in [1.82, 2.24) is 0 Å². The lowest BCUT2D eigenvalue weighted by Gasteiger charge is -2.45. The van der Waals surface area contributed by atoms with Crippen LogP contribution in [0.5, 0.6) is 0 Å². The van der Waals surface area contributed by atoms with Gasteiger partial charge >= 0.3 is 0 Å². The van der Waals surface area contributed by atoms with Crippen molar-refractivity contribution in [3.63, 3.8) is 0 Å². The topological polar surface area (TPSA) is 22.9 Å². The zero-order valence-electron chi connectivity index (χ0n) is 53.2. The van der Waals surface area contributed by atoms with Crippen LogP contribution >= 0.6 is 11.3 Å². The summed E-state index contributed by atoms with van der Waals surface area (Å²) < 4.78 is 9.76. The molecule has 0 radical (unpaired) electrons. The first-order valence-corrected chi connectivity index (χ1v) is 33.0. The normalized spacial score (nSPS) is 17.0. The predicted octanol–water partition coefficient (Wildman–Crippen LogP) is 21.4. The number of hydrogen-bond donors (Lipinski definition) is 0. The number of benzene rings is 9. The molecule has 2 aromatic heterocycles. The Morgan fingerprint density at radius 1 is 0.471 bits per heavy atom. The Morgan fingerprint density at radius 2 is 1.07 bits per heavy atom. The first-order valence-electron chi connectivity index (χ1n) is 32.2. The summed E-state index contributed by atoms with van der Waals surface area (Å²) in [6.45, 7) is 31.0. The van der Waals surface area contributed by atoms with Crippen molar-refractivity contribution in [2.75, 3.05) is 14.7 Å². The lowest BCUT2D eigenvalue weighted by molar-refractivity contribution is 0.332. The standard InChI is InChI=1S/C81H80BN3OS/c1-76(2,3)49-27-31-52(32-28-49)83(66-25-20-23-59-58-22-15-17-26-70(58)86-74(59)66)55-36-38-65-67(46-55)84(53-33-29-50(30-34-53)77(4,5)6)68-43-51(78(7,8)9)44-69-72(68)82(65)75-73(60-47-63-64(48-71(60)87-75)80(12,13)42-41-79(63,10)11)85(69)54-35-37-57-56-21-14-16-24-61(56)81(62(57)45-54)39-18-19-40-81/h14-17,20-38,43-48H,18-19,39-42H2,1-13H3. The number of nitrogens with zero attached hydrogens (tertiary/aromatic N) is 3. The summed E-state index contributed by atoms with van der Waals surface area (Å²) in [4.78, 5) is 7.87. The van der Waals surface area contributed by atoms with Crippen LogP contribution in [0.15, 0.2) is 180 Å². The molecular formula is C81H80BN3OS. The molecule has 1 fully saturated rings.